The molecule has 0 spiro atoms. The summed E-state index contributed by atoms with van der Waals surface area (Å²) in [4.78, 5) is 4.99. The van der Waals surface area contributed by atoms with E-state index in [-0.39, 0.29) is 0 Å². The third-order valence-corrected chi connectivity index (χ3v) is 14.5. The van der Waals surface area contributed by atoms with E-state index in [0.717, 1.165) is 56.6 Å². The van der Waals surface area contributed by atoms with E-state index in [9.17, 15) is 0 Å². The zero-order chi connectivity index (χ0) is 46.5. The predicted molar refractivity (Wildman–Crippen MR) is 286 cm³/mol. The Kier molecular flexibility index (Phi) is 9.91. The van der Waals surface area contributed by atoms with Gasteiger partial charge in [0, 0.05) is 11.1 Å². The topological polar surface area (TPSA) is 32.3 Å². The molecule has 0 bridgehead atoms. The van der Waals surface area contributed by atoms with Crippen molar-refractivity contribution < 1.29 is 0 Å². The molecule has 1 aromatic heterocycles. The molecule has 4 nitrogen and oxygen atoms in total. The molecule has 0 atom stereocenters. The summed E-state index contributed by atoms with van der Waals surface area (Å²) in [6.45, 7) is 0. The fourth-order valence-electron chi connectivity index (χ4n) is 11.7. The first kappa shape index (κ1) is 41.1. The van der Waals surface area contributed by atoms with Gasteiger partial charge in [0.25, 0.3) is 0 Å². The van der Waals surface area contributed by atoms with Gasteiger partial charge in [-0.25, -0.2) is 0 Å². The molecule has 0 radical (unpaired) electrons. The summed E-state index contributed by atoms with van der Waals surface area (Å²) in [5, 5.41) is 10.7. The summed E-state index contributed by atoms with van der Waals surface area (Å²) in [6, 6.07) is 101. The standard InChI is InChI=1S/C66H46N4/c1-7-27-47(28-8-1)61-63(69-57-43-23-19-39-53(57)65(49-31-11-3-12-32-49,50-33-13-4-14-34-50)54-40-20-24-44-58(54)69)64(62(68-67-61)48-29-9-2-10-30-48)70-59-45-25-21-41-55(59)66(51-35-15-5-16-36-51,52-37-17-6-18-38-52)56-42-22-26-46-60(56)70/h1-46H. The second-order valence-electron chi connectivity index (χ2n) is 18.0. The maximum atomic E-state index is 5.37. The number of anilines is 6. The third-order valence-electron chi connectivity index (χ3n) is 14.5. The highest BCUT2D eigenvalue weighted by Crippen LogP contribution is 2.64. The Morgan fingerprint density at radius 3 is 0.700 bits per heavy atom. The van der Waals surface area contributed by atoms with Gasteiger partial charge in [-0.05, 0) is 68.8 Å². The van der Waals surface area contributed by atoms with E-state index in [1.807, 2.05) is 0 Å². The van der Waals surface area contributed by atoms with Crippen LogP contribution < -0.4 is 9.80 Å². The number of para-hydroxylation sites is 4. The number of rotatable bonds is 8. The van der Waals surface area contributed by atoms with Gasteiger partial charge in [0.05, 0.1) is 33.6 Å². The Morgan fingerprint density at radius 1 is 0.229 bits per heavy atom. The molecule has 3 heterocycles. The minimum absolute atomic E-state index is 0.669. The van der Waals surface area contributed by atoms with Crippen LogP contribution in [0.5, 0.6) is 0 Å². The summed E-state index contributed by atoms with van der Waals surface area (Å²) in [5.41, 5.74) is 17.6. The molecular weight excluding hydrogens is 849 g/mol. The molecule has 330 valence electrons. The third kappa shape index (κ3) is 6.10. The highest BCUT2D eigenvalue weighted by molar-refractivity contribution is 6.06. The van der Waals surface area contributed by atoms with Gasteiger partial charge in [-0.2, -0.15) is 0 Å². The fraction of sp³-hybridized carbons (Fsp3) is 0.0303. The van der Waals surface area contributed by atoms with Gasteiger partial charge in [0.1, 0.15) is 22.8 Å². The molecule has 0 unspecified atom stereocenters. The van der Waals surface area contributed by atoms with Gasteiger partial charge in [-0.1, -0.05) is 255 Å². The lowest BCUT2D eigenvalue weighted by atomic mass is 9.62. The Labute approximate surface area is 409 Å². The monoisotopic (exact) mass is 894 g/mol. The zero-order valence-electron chi connectivity index (χ0n) is 38.3. The molecule has 0 N–H and O–H groups in total. The summed E-state index contributed by atoms with van der Waals surface area (Å²) < 4.78 is 0. The van der Waals surface area contributed by atoms with E-state index in [1.165, 1.54) is 44.5 Å². The van der Waals surface area contributed by atoms with Crippen molar-refractivity contribution in [2.24, 2.45) is 0 Å². The second kappa shape index (κ2) is 16.9. The average molecular weight is 895 g/mol. The van der Waals surface area contributed by atoms with Crippen molar-refractivity contribution in [1.82, 2.24) is 10.2 Å². The highest BCUT2D eigenvalue weighted by Gasteiger charge is 2.50. The molecule has 0 saturated carbocycles. The number of aromatic nitrogens is 2. The van der Waals surface area contributed by atoms with Crippen LogP contribution in [0.4, 0.5) is 34.1 Å². The maximum Gasteiger partial charge on any atom is 0.119 e. The summed E-state index contributed by atoms with van der Waals surface area (Å²) >= 11 is 0. The van der Waals surface area contributed by atoms with Crippen molar-refractivity contribution in [3.63, 3.8) is 0 Å². The molecule has 70 heavy (non-hydrogen) atoms. The van der Waals surface area contributed by atoms with Crippen LogP contribution >= 0.6 is 0 Å². The number of benzene rings is 10. The van der Waals surface area contributed by atoms with Gasteiger partial charge >= 0.3 is 0 Å². The van der Waals surface area contributed by atoms with Gasteiger partial charge < -0.3 is 9.80 Å². The normalized spacial score (nSPS) is 13.9. The lowest BCUT2D eigenvalue weighted by Crippen LogP contribution is -2.39. The van der Waals surface area contributed by atoms with Gasteiger partial charge in [0.15, 0.2) is 0 Å². The van der Waals surface area contributed by atoms with Crippen molar-refractivity contribution in [1.29, 1.82) is 0 Å². The Bertz CT molecular complexity index is 3230. The lowest BCUT2D eigenvalue weighted by molar-refractivity contribution is 0.728. The molecule has 0 amide bonds. The smallest absolute Gasteiger partial charge is 0.119 e. The van der Waals surface area contributed by atoms with Crippen LogP contribution in [0, 0.1) is 0 Å². The van der Waals surface area contributed by atoms with E-state index in [1.54, 1.807) is 0 Å². The molecule has 13 rings (SSSR count). The summed E-state index contributed by atoms with van der Waals surface area (Å²) in [6.07, 6.45) is 0. The van der Waals surface area contributed by atoms with Gasteiger partial charge in [-0.3, -0.25) is 0 Å². The predicted octanol–water partition coefficient (Wildman–Crippen LogP) is 16.1. The van der Waals surface area contributed by atoms with Crippen LogP contribution in [0.3, 0.4) is 0 Å². The molecule has 10 aromatic carbocycles. The van der Waals surface area contributed by atoms with Crippen LogP contribution in [0.25, 0.3) is 22.5 Å². The molecule has 0 saturated heterocycles. The zero-order valence-corrected chi connectivity index (χ0v) is 38.3. The van der Waals surface area contributed by atoms with Gasteiger partial charge in [0.2, 0.25) is 0 Å². The SMILES string of the molecule is c1ccc(-c2nnc(-c3ccccc3)c(N3c4ccccc4C(c4ccccc4)(c4ccccc4)c4ccccc43)c2N2c3ccccc3C(c3ccccc3)(c3ccccc3)c3ccccc32)cc1. The van der Waals surface area contributed by atoms with E-state index >= 15 is 0 Å². The summed E-state index contributed by atoms with van der Waals surface area (Å²) in [5.74, 6) is 0. The first-order valence-corrected chi connectivity index (χ1v) is 24.0. The first-order valence-electron chi connectivity index (χ1n) is 24.0. The van der Waals surface area contributed by atoms with Crippen molar-refractivity contribution >= 4 is 34.1 Å². The molecular formula is C66H46N4. The number of nitrogens with zero attached hydrogens (tertiary/aromatic N) is 4. The van der Waals surface area contributed by atoms with Crippen LogP contribution in [0.1, 0.15) is 44.5 Å². The second-order valence-corrected chi connectivity index (χ2v) is 18.0. The molecule has 0 aliphatic carbocycles. The maximum absolute atomic E-state index is 5.37. The van der Waals surface area contributed by atoms with Crippen molar-refractivity contribution in [3.8, 4) is 22.5 Å². The Morgan fingerprint density at radius 2 is 0.443 bits per heavy atom. The molecule has 11 aromatic rings. The Balaban J connectivity index is 1.20. The first-order chi connectivity index (χ1) is 34.8. The average Bonchev–Trinajstić information content (AvgIpc) is 3.45. The van der Waals surface area contributed by atoms with Crippen LogP contribution in [-0.2, 0) is 10.8 Å². The minimum Gasteiger partial charge on any atom is -0.306 e. The lowest BCUT2D eigenvalue weighted by Gasteiger charge is -2.49. The van der Waals surface area contributed by atoms with E-state index in [4.69, 9.17) is 10.2 Å². The van der Waals surface area contributed by atoms with E-state index in [0.29, 0.717) is 0 Å². The number of hydrogen-bond acceptors (Lipinski definition) is 4. The number of hydrogen-bond donors (Lipinski definition) is 0. The van der Waals surface area contributed by atoms with Crippen LogP contribution in [0.2, 0.25) is 0 Å². The van der Waals surface area contributed by atoms with Crippen LogP contribution in [0.15, 0.2) is 279 Å². The van der Waals surface area contributed by atoms with E-state index < -0.39 is 10.8 Å². The molecule has 0 fully saturated rings. The van der Waals surface area contributed by atoms with Crippen molar-refractivity contribution in [2.75, 3.05) is 9.80 Å². The fourth-order valence-corrected chi connectivity index (χ4v) is 11.7. The largest absolute Gasteiger partial charge is 0.306 e. The van der Waals surface area contributed by atoms with Crippen molar-refractivity contribution in [2.45, 2.75) is 10.8 Å². The van der Waals surface area contributed by atoms with Crippen molar-refractivity contribution in [3.05, 3.63) is 324 Å². The number of fused-ring (bicyclic) bond motifs is 4. The van der Waals surface area contributed by atoms with Gasteiger partial charge in [-0.15, -0.1) is 10.2 Å². The summed E-state index contributed by atoms with van der Waals surface area (Å²) in [7, 11) is 0. The Hall–Kier alpha value is -9.12. The van der Waals surface area contributed by atoms with Crippen LogP contribution in [-0.4, -0.2) is 10.2 Å². The van der Waals surface area contributed by atoms with E-state index in [2.05, 4.69) is 289 Å². The molecule has 2 aliphatic rings. The molecule has 2 aliphatic heterocycles. The highest BCUT2D eigenvalue weighted by atomic mass is 15.3. The minimum atomic E-state index is -0.669. The quantitative estimate of drug-likeness (QED) is 0.152. The molecule has 4 heteroatoms.